The van der Waals surface area contributed by atoms with E-state index in [1.807, 2.05) is 18.2 Å². The Bertz CT molecular complexity index is 1190. The first kappa shape index (κ1) is 17.7. The molecule has 5 nitrogen and oxygen atoms in total. The van der Waals surface area contributed by atoms with Gasteiger partial charge < -0.3 is 10.2 Å². The zero-order valence-electron chi connectivity index (χ0n) is 15.2. The number of benzene rings is 3. The molecule has 0 atom stereocenters. The van der Waals surface area contributed by atoms with Crippen LogP contribution in [0, 0.1) is 5.82 Å². The highest BCUT2D eigenvalue weighted by atomic mass is 19.1. The highest BCUT2D eigenvalue weighted by molar-refractivity contribution is 5.79. The van der Waals surface area contributed by atoms with E-state index in [1.165, 1.54) is 10.7 Å². The van der Waals surface area contributed by atoms with E-state index in [-0.39, 0.29) is 17.9 Å². The van der Waals surface area contributed by atoms with Crippen LogP contribution in [-0.2, 0) is 6.54 Å². The lowest BCUT2D eigenvalue weighted by molar-refractivity contribution is 0.415. The Labute approximate surface area is 161 Å². The summed E-state index contributed by atoms with van der Waals surface area (Å²) >= 11 is 0. The summed E-state index contributed by atoms with van der Waals surface area (Å²) in [6, 6.07) is 20.9. The third-order valence-electron chi connectivity index (χ3n) is 4.51. The van der Waals surface area contributed by atoms with Crippen molar-refractivity contribution in [3.8, 4) is 17.1 Å². The van der Waals surface area contributed by atoms with Gasteiger partial charge in [-0.2, -0.15) is 0 Å². The molecule has 1 heterocycles. The highest BCUT2D eigenvalue weighted by Gasteiger charge is 2.13. The van der Waals surface area contributed by atoms with Gasteiger partial charge in [-0.15, -0.1) is 0 Å². The van der Waals surface area contributed by atoms with E-state index in [9.17, 15) is 9.18 Å². The average molecular weight is 375 g/mol. The number of para-hydroxylation sites is 1. The number of ether oxygens (including phenoxy) is 1. The fourth-order valence-corrected chi connectivity index (χ4v) is 3.02. The zero-order valence-corrected chi connectivity index (χ0v) is 15.2. The summed E-state index contributed by atoms with van der Waals surface area (Å²) < 4.78 is 20.6. The first-order valence-corrected chi connectivity index (χ1v) is 8.81. The number of rotatable bonds is 5. The van der Waals surface area contributed by atoms with Gasteiger partial charge in [-0.3, -0.25) is 4.79 Å². The zero-order chi connectivity index (χ0) is 19.5. The highest BCUT2D eigenvalue weighted by Crippen LogP contribution is 2.21. The third kappa shape index (κ3) is 3.32. The van der Waals surface area contributed by atoms with Gasteiger partial charge in [-0.1, -0.05) is 30.3 Å². The SMILES string of the molecule is COc1ccc(-c2nc3ccccc3c(=O)n2NCc2ccccc2F)cc1. The van der Waals surface area contributed by atoms with E-state index in [4.69, 9.17) is 4.74 Å². The first-order valence-electron chi connectivity index (χ1n) is 8.81. The van der Waals surface area contributed by atoms with Crippen molar-refractivity contribution >= 4 is 10.9 Å². The number of methoxy groups -OCH3 is 1. The minimum atomic E-state index is -0.331. The number of hydrogen-bond donors (Lipinski definition) is 1. The molecule has 3 aromatic carbocycles. The number of aromatic nitrogens is 2. The fraction of sp³-hybridized carbons (Fsp3) is 0.0909. The van der Waals surface area contributed by atoms with Crippen LogP contribution in [0.4, 0.5) is 4.39 Å². The summed E-state index contributed by atoms with van der Waals surface area (Å²) in [6.45, 7) is 0.149. The molecule has 0 aliphatic carbocycles. The molecule has 0 spiro atoms. The predicted molar refractivity (Wildman–Crippen MR) is 107 cm³/mol. The quantitative estimate of drug-likeness (QED) is 0.574. The Morgan fingerprint density at radius 3 is 2.46 bits per heavy atom. The molecule has 0 fully saturated rings. The maximum absolute atomic E-state index is 14.0. The van der Waals surface area contributed by atoms with Crippen LogP contribution in [0.5, 0.6) is 5.75 Å². The van der Waals surface area contributed by atoms with Crippen molar-refractivity contribution in [1.29, 1.82) is 0 Å². The van der Waals surface area contributed by atoms with Gasteiger partial charge in [0.1, 0.15) is 11.6 Å². The lowest BCUT2D eigenvalue weighted by atomic mass is 10.2. The van der Waals surface area contributed by atoms with Gasteiger partial charge in [-0.25, -0.2) is 14.1 Å². The standard InChI is InChI=1S/C22H18FN3O2/c1-28-17-12-10-15(11-13-17)21-25-20-9-5-3-7-18(20)22(27)26(21)24-14-16-6-2-4-8-19(16)23/h2-13,24H,14H2,1H3. The Kier molecular flexibility index (Phi) is 4.76. The molecule has 0 amide bonds. The molecule has 0 saturated carbocycles. The Morgan fingerprint density at radius 2 is 1.71 bits per heavy atom. The second kappa shape index (κ2) is 7.52. The molecule has 0 saturated heterocycles. The van der Waals surface area contributed by atoms with Gasteiger partial charge in [0.25, 0.3) is 5.56 Å². The molecule has 6 heteroatoms. The maximum atomic E-state index is 14.0. The summed E-state index contributed by atoms with van der Waals surface area (Å²) in [5, 5.41) is 0.487. The minimum absolute atomic E-state index is 0.149. The van der Waals surface area contributed by atoms with Crippen molar-refractivity contribution in [2.75, 3.05) is 12.5 Å². The summed E-state index contributed by atoms with van der Waals surface area (Å²) in [4.78, 5) is 17.8. The summed E-state index contributed by atoms with van der Waals surface area (Å²) in [6.07, 6.45) is 0. The Hall–Kier alpha value is -3.67. The van der Waals surface area contributed by atoms with Crippen LogP contribution in [-0.4, -0.2) is 16.8 Å². The molecule has 0 aliphatic heterocycles. The van der Waals surface area contributed by atoms with Crippen LogP contribution < -0.4 is 15.7 Å². The van der Waals surface area contributed by atoms with Crippen molar-refractivity contribution in [2.24, 2.45) is 0 Å². The van der Waals surface area contributed by atoms with Crippen molar-refractivity contribution in [3.63, 3.8) is 0 Å². The fourth-order valence-electron chi connectivity index (χ4n) is 3.02. The minimum Gasteiger partial charge on any atom is -0.497 e. The van der Waals surface area contributed by atoms with E-state index < -0.39 is 0 Å². The number of nitrogens with one attached hydrogen (secondary N) is 1. The molecule has 28 heavy (non-hydrogen) atoms. The first-order chi connectivity index (χ1) is 13.7. The molecule has 0 aliphatic rings. The van der Waals surface area contributed by atoms with Crippen LogP contribution >= 0.6 is 0 Å². The molecule has 4 rings (SSSR count). The third-order valence-corrected chi connectivity index (χ3v) is 4.51. The predicted octanol–water partition coefficient (Wildman–Crippen LogP) is 3.95. The van der Waals surface area contributed by atoms with Crippen LogP contribution in [0.15, 0.2) is 77.6 Å². The molecule has 0 bridgehead atoms. The summed E-state index contributed by atoms with van der Waals surface area (Å²) in [5.74, 6) is 0.822. The maximum Gasteiger partial charge on any atom is 0.280 e. The van der Waals surface area contributed by atoms with Gasteiger partial charge in [0.15, 0.2) is 5.82 Å². The van der Waals surface area contributed by atoms with Gasteiger partial charge in [0.05, 0.1) is 24.6 Å². The Balaban J connectivity index is 1.83. The van der Waals surface area contributed by atoms with E-state index >= 15 is 0 Å². The second-order valence-electron chi connectivity index (χ2n) is 6.25. The van der Waals surface area contributed by atoms with Crippen LogP contribution in [0.2, 0.25) is 0 Å². The number of nitrogens with zero attached hydrogens (tertiary/aromatic N) is 2. The summed E-state index contributed by atoms with van der Waals surface area (Å²) in [5.41, 5.74) is 4.59. The van der Waals surface area contributed by atoms with Crippen LogP contribution in [0.3, 0.4) is 0 Å². The van der Waals surface area contributed by atoms with Gasteiger partial charge in [-0.05, 0) is 42.5 Å². The molecule has 4 aromatic rings. The number of fused-ring (bicyclic) bond motifs is 1. The number of halogens is 1. The van der Waals surface area contributed by atoms with Crippen LogP contribution in [0.1, 0.15) is 5.56 Å². The molecule has 140 valence electrons. The second-order valence-corrected chi connectivity index (χ2v) is 6.25. The van der Waals surface area contributed by atoms with Crippen molar-refractivity contribution in [2.45, 2.75) is 6.54 Å². The van der Waals surface area contributed by atoms with Crippen molar-refractivity contribution in [3.05, 3.63) is 94.5 Å². The summed E-state index contributed by atoms with van der Waals surface area (Å²) in [7, 11) is 1.59. The monoisotopic (exact) mass is 375 g/mol. The molecule has 1 N–H and O–H groups in total. The van der Waals surface area contributed by atoms with E-state index in [2.05, 4.69) is 10.4 Å². The largest absolute Gasteiger partial charge is 0.497 e. The smallest absolute Gasteiger partial charge is 0.280 e. The van der Waals surface area contributed by atoms with E-state index in [0.29, 0.717) is 28.0 Å². The van der Waals surface area contributed by atoms with Crippen LogP contribution in [0.25, 0.3) is 22.3 Å². The molecule has 1 aromatic heterocycles. The molecular weight excluding hydrogens is 357 g/mol. The number of hydrogen-bond acceptors (Lipinski definition) is 4. The van der Waals surface area contributed by atoms with Gasteiger partial charge >= 0.3 is 0 Å². The topological polar surface area (TPSA) is 56.1 Å². The molecule has 0 unspecified atom stereocenters. The average Bonchev–Trinajstić information content (AvgIpc) is 2.74. The van der Waals surface area contributed by atoms with E-state index in [0.717, 1.165) is 5.56 Å². The van der Waals surface area contributed by atoms with Crippen molar-refractivity contribution < 1.29 is 9.13 Å². The Morgan fingerprint density at radius 1 is 1.00 bits per heavy atom. The van der Waals surface area contributed by atoms with Gasteiger partial charge in [0, 0.05) is 11.1 Å². The lowest BCUT2D eigenvalue weighted by Crippen LogP contribution is -2.31. The lowest BCUT2D eigenvalue weighted by Gasteiger charge is -2.16. The molecular formula is C22H18FN3O2. The molecule has 0 radical (unpaired) electrons. The van der Waals surface area contributed by atoms with Crippen molar-refractivity contribution in [1.82, 2.24) is 9.66 Å². The van der Waals surface area contributed by atoms with Gasteiger partial charge in [0.2, 0.25) is 0 Å². The normalized spacial score (nSPS) is 10.8. The van der Waals surface area contributed by atoms with E-state index in [1.54, 1.807) is 55.6 Å².